The van der Waals surface area contributed by atoms with Crippen LogP contribution in [0.5, 0.6) is 0 Å². The van der Waals surface area contributed by atoms with Crippen LogP contribution in [-0.4, -0.2) is 85.8 Å². The molecular weight excluding hydrogens is 510 g/mol. The number of thioether (sulfide) groups is 1. The average molecular weight is 552 g/mol. The molecule has 1 unspecified atom stereocenters. The minimum absolute atomic E-state index is 0.0129. The summed E-state index contributed by atoms with van der Waals surface area (Å²) in [6, 6.07) is 9.30. The predicted octanol–water partition coefficient (Wildman–Crippen LogP) is 3.63. The Morgan fingerprint density at radius 3 is 2.33 bits per heavy atom. The van der Waals surface area contributed by atoms with Gasteiger partial charge in [0.15, 0.2) is 0 Å². The van der Waals surface area contributed by atoms with Gasteiger partial charge in [-0.05, 0) is 31.7 Å². The van der Waals surface area contributed by atoms with Gasteiger partial charge in [0.2, 0.25) is 17.7 Å². The van der Waals surface area contributed by atoms with Crippen molar-refractivity contribution >= 4 is 29.5 Å². The monoisotopic (exact) mass is 551 g/mol. The molecule has 8 heteroatoms. The first-order valence-corrected chi connectivity index (χ1v) is 15.3. The smallest absolute Gasteiger partial charge is 0.247 e. The van der Waals surface area contributed by atoms with E-state index in [2.05, 4.69) is 38.2 Å². The number of benzene rings is 1. The summed E-state index contributed by atoms with van der Waals surface area (Å²) < 4.78 is -1.40. The summed E-state index contributed by atoms with van der Waals surface area (Å²) in [6.07, 6.45) is 12.6. The number of hydrogen-bond acceptors (Lipinski definition) is 5. The van der Waals surface area contributed by atoms with Gasteiger partial charge in [-0.3, -0.25) is 14.4 Å². The van der Waals surface area contributed by atoms with E-state index >= 15 is 0 Å². The second-order valence-electron chi connectivity index (χ2n) is 11.5. The second-order valence-corrected chi connectivity index (χ2v) is 13.3. The molecule has 0 saturated carbocycles. The van der Waals surface area contributed by atoms with Crippen molar-refractivity contribution in [3.63, 3.8) is 0 Å². The molecule has 4 aliphatic rings. The highest BCUT2D eigenvalue weighted by molar-refractivity contribution is 8.02. The predicted molar refractivity (Wildman–Crippen MR) is 154 cm³/mol. The molecular formula is C31H41N3O4S. The van der Waals surface area contributed by atoms with Crippen LogP contribution < -0.4 is 0 Å². The molecule has 0 bridgehead atoms. The molecule has 4 heterocycles. The number of carbonyl (C=O) groups is 3. The molecule has 1 N–H and O–H groups in total. The van der Waals surface area contributed by atoms with Crippen molar-refractivity contribution in [1.82, 2.24) is 14.7 Å². The van der Waals surface area contributed by atoms with Crippen LogP contribution in [0.1, 0.15) is 51.5 Å². The van der Waals surface area contributed by atoms with Crippen molar-refractivity contribution < 1.29 is 19.5 Å². The van der Waals surface area contributed by atoms with Crippen molar-refractivity contribution in [3.8, 4) is 0 Å². The number of carbonyl (C=O) groups excluding carboxylic acids is 3. The number of rotatable bonds is 10. The minimum Gasteiger partial charge on any atom is -0.396 e. The molecule has 7 nitrogen and oxygen atoms in total. The van der Waals surface area contributed by atoms with Gasteiger partial charge in [-0.15, -0.1) is 11.8 Å². The van der Waals surface area contributed by atoms with E-state index in [1.165, 1.54) is 0 Å². The van der Waals surface area contributed by atoms with Crippen LogP contribution in [0.3, 0.4) is 0 Å². The van der Waals surface area contributed by atoms with Crippen LogP contribution >= 0.6 is 11.8 Å². The van der Waals surface area contributed by atoms with Gasteiger partial charge in [0, 0.05) is 44.1 Å². The van der Waals surface area contributed by atoms with Crippen LogP contribution in [0.15, 0.2) is 54.6 Å². The second kappa shape index (κ2) is 11.5. The number of amides is 3. The number of fused-ring (bicyclic) bond motifs is 2. The number of hydrogen-bond donors (Lipinski definition) is 1. The van der Waals surface area contributed by atoms with E-state index in [0.29, 0.717) is 45.6 Å². The molecule has 2 fully saturated rings. The largest absolute Gasteiger partial charge is 0.396 e. The third-order valence-corrected chi connectivity index (χ3v) is 10.6. The number of unbranched alkanes of at least 4 members (excludes halogenated alkanes) is 3. The fourth-order valence-electron chi connectivity index (χ4n) is 6.95. The molecule has 2 saturated heterocycles. The molecule has 5 atom stereocenters. The van der Waals surface area contributed by atoms with Gasteiger partial charge in [0.05, 0.1) is 16.6 Å². The fourth-order valence-corrected chi connectivity index (χ4v) is 9.11. The van der Waals surface area contributed by atoms with E-state index in [0.717, 1.165) is 24.8 Å². The summed E-state index contributed by atoms with van der Waals surface area (Å²) in [4.78, 5) is 48.4. The summed E-state index contributed by atoms with van der Waals surface area (Å²) in [5.74, 6) is -1.31. The minimum atomic E-state index is -0.804. The van der Waals surface area contributed by atoms with Crippen LogP contribution in [0.25, 0.3) is 0 Å². The molecule has 1 aromatic rings. The lowest BCUT2D eigenvalue weighted by molar-refractivity contribution is -0.145. The molecule has 1 aromatic carbocycles. The molecule has 4 aliphatic heterocycles. The van der Waals surface area contributed by atoms with Gasteiger partial charge < -0.3 is 19.8 Å². The molecule has 210 valence electrons. The van der Waals surface area contributed by atoms with Gasteiger partial charge in [-0.2, -0.15) is 0 Å². The van der Waals surface area contributed by atoms with E-state index in [4.69, 9.17) is 0 Å². The molecule has 1 spiro atoms. The summed E-state index contributed by atoms with van der Waals surface area (Å²) in [5.41, 5.74) is 1.05. The zero-order valence-corrected chi connectivity index (χ0v) is 23.9. The SMILES string of the molecule is CCCCCN1CC=C[C@]23S[C@@]4(C)C=CCN(Cc5ccccc5)C(=O)[C@H]4[C@H]2C(=O)N(CCCCO)C3C1=O. The standard InChI is InChI=1S/C31H41N3O4S/c1-3-4-8-17-32-18-12-16-31-25(28(37)34(20-9-10-21-35)26(31)29(32)38)24-27(36)33(19-11-15-30(24,2)39-31)22-23-13-6-5-7-14-23/h5-7,11-16,24-26,35H,3-4,8-10,17-22H2,1-2H3/t24-,25+,26?,30+,31+/m1/s1. The van der Waals surface area contributed by atoms with Crippen LogP contribution in [0.4, 0.5) is 0 Å². The Morgan fingerprint density at radius 1 is 0.872 bits per heavy atom. The van der Waals surface area contributed by atoms with Gasteiger partial charge in [0.1, 0.15) is 6.04 Å². The maximum atomic E-state index is 14.3. The van der Waals surface area contributed by atoms with Gasteiger partial charge in [-0.1, -0.05) is 74.4 Å². The van der Waals surface area contributed by atoms with E-state index in [1.807, 2.05) is 40.1 Å². The summed E-state index contributed by atoms with van der Waals surface area (Å²) in [5, 5.41) is 9.41. The first-order chi connectivity index (χ1) is 18.9. The normalized spacial score (nSPS) is 31.8. The molecule has 39 heavy (non-hydrogen) atoms. The number of likely N-dealkylation sites (tertiary alicyclic amines) is 1. The maximum absolute atomic E-state index is 14.3. The van der Waals surface area contributed by atoms with Crippen LogP contribution in [-0.2, 0) is 20.9 Å². The first-order valence-electron chi connectivity index (χ1n) is 14.4. The lowest BCUT2D eigenvalue weighted by Crippen LogP contribution is -2.53. The third-order valence-electron chi connectivity index (χ3n) is 8.78. The number of aliphatic hydroxyl groups excluding tert-OH is 1. The maximum Gasteiger partial charge on any atom is 0.247 e. The molecule has 0 aliphatic carbocycles. The summed E-state index contributed by atoms with van der Waals surface area (Å²) in [6.45, 7) is 6.85. The Hall–Kier alpha value is -2.58. The Balaban J connectivity index is 1.52. The van der Waals surface area contributed by atoms with E-state index in [1.54, 1.807) is 16.7 Å². The van der Waals surface area contributed by atoms with Gasteiger partial charge in [-0.25, -0.2) is 0 Å². The lowest BCUT2D eigenvalue weighted by Gasteiger charge is -2.37. The van der Waals surface area contributed by atoms with E-state index in [-0.39, 0.29) is 24.3 Å². The Kier molecular flexibility index (Phi) is 8.24. The van der Waals surface area contributed by atoms with E-state index < -0.39 is 27.4 Å². The average Bonchev–Trinajstić information content (AvgIpc) is 3.19. The summed E-state index contributed by atoms with van der Waals surface area (Å²) in [7, 11) is 0. The van der Waals surface area contributed by atoms with Crippen LogP contribution in [0, 0.1) is 11.8 Å². The fraction of sp³-hybridized carbons (Fsp3) is 0.581. The van der Waals surface area contributed by atoms with Gasteiger partial charge in [0.25, 0.3) is 0 Å². The lowest BCUT2D eigenvalue weighted by atomic mass is 9.74. The first kappa shape index (κ1) is 28.0. The highest BCUT2D eigenvalue weighted by Gasteiger charge is 2.73. The van der Waals surface area contributed by atoms with Crippen molar-refractivity contribution in [1.29, 1.82) is 0 Å². The zero-order valence-electron chi connectivity index (χ0n) is 23.1. The van der Waals surface area contributed by atoms with Crippen LogP contribution in [0.2, 0.25) is 0 Å². The molecule has 3 amide bonds. The summed E-state index contributed by atoms with van der Waals surface area (Å²) >= 11 is 1.64. The Labute approximate surface area is 236 Å². The van der Waals surface area contributed by atoms with Crippen molar-refractivity contribution in [2.24, 2.45) is 11.8 Å². The van der Waals surface area contributed by atoms with E-state index in [9.17, 15) is 19.5 Å². The van der Waals surface area contributed by atoms with Gasteiger partial charge >= 0.3 is 0 Å². The molecule has 5 rings (SSSR count). The quantitative estimate of drug-likeness (QED) is 0.355. The van der Waals surface area contributed by atoms with Crippen molar-refractivity contribution in [3.05, 3.63) is 60.2 Å². The highest BCUT2D eigenvalue weighted by Crippen LogP contribution is 2.65. The number of aliphatic hydroxyl groups is 1. The molecule has 0 aromatic heterocycles. The Bertz CT molecular complexity index is 1140. The zero-order chi connectivity index (χ0) is 27.6. The van der Waals surface area contributed by atoms with Crippen molar-refractivity contribution in [2.75, 3.05) is 32.8 Å². The molecule has 0 radical (unpaired) electrons. The third kappa shape index (κ3) is 4.95. The van der Waals surface area contributed by atoms with Crippen molar-refractivity contribution in [2.45, 2.75) is 68.0 Å². The topological polar surface area (TPSA) is 81.2 Å². The number of nitrogens with zero attached hydrogens (tertiary/aromatic N) is 3. The highest BCUT2D eigenvalue weighted by atomic mass is 32.2. The Morgan fingerprint density at radius 2 is 1.59 bits per heavy atom.